The van der Waals surface area contributed by atoms with Gasteiger partial charge in [-0.05, 0) is 56.7 Å². The molecule has 0 bridgehead atoms. The number of ether oxygens (including phenoxy) is 1. The second kappa shape index (κ2) is 8.19. The third-order valence-corrected chi connectivity index (χ3v) is 7.09. The van der Waals surface area contributed by atoms with E-state index < -0.39 is 11.9 Å². The summed E-state index contributed by atoms with van der Waals surface area (Å²) in [6.45, 7) is 3.52. The van der Waals surface area contributed by atoms with E-state index in [2.05, 4.69) is 5.32 Å². The van der Waals surface area contributed by atoms with E-state index >= 15 is 0 Å². The molecule has 0 radical (unpaired) electrons. The number of benzene rings is 1. The Morgan fingerprint density at radius 3 is 2.71 bits per heavy atom. The van der Waals surface area contributed by atoms with Crippen LogP contribution in [0.1, 0.15) is 52.2 Å². The minimum Gasteiger partial charge on any atom is -0.495 e. The first kappa shape index (κ1) is 21.1. The zero-order valence-electron chi connectivity index (χ0n) is 17.8. The molecule has 0 aliphatic heterocycles. The zero-order chi connectivity index (χ0) is 22.3. The number of aryl methyl sites for hydroxylation is 2. The highest BCUT2D eigenvalue weighted by atomic mass is 32.1. The number of carbonyl (C=O) groups excluding carboxylic acids is 2. The Morgan fingerprint density at radius 2 is 2.00 bits per heavy atom. The van der Waals surface area contributed by atoms with Crippen LogP contribution in [0.2, 0.25) is 0 Å². The molecule has 0 saturated heterocycles. The van der Waals surface area contributed by atoms with Crippen LogP contribution in [0.5, 0.6) is 5.75 Å². The molecule has 0 spiro atoms. The van der Waals surface area contributed by atoms with Crippen LogP contribution in [0, 0.1) is 6.92 Å². The molecule has 8 heteroatoms. The lowest BCUT2D eigenvalue weighted by Crippen LogP contribution is -2.32. The number of amides is 2. The smallest absolute Gasteiger partial charge is 0.252 e. The van der Waals surface area contributed by atoms with Crippen molar-refractivity contribution in [3.8, 4) is 5.75 Å². The van der Waals surface area contributed by atoms with E-state index in [4.69, 9.17) is 10.5 Å². The largest absolute Gasteiger partial charge is 0.495 e. The maximum Gasteiger partial charge on any atom is 0.252 e. The standard InChI is InChI=1S/C23H25N3O4S/c1-12-11-18(27)26(20-14(12)8-6-9-16(20)30-3)13(2)22(29)25-23-19(21(24)28)15-7-4-5-10-17(15)31-23/h6,8-9,11,13H,4-5,7,10H2,1-3H3,(H2,24,28)(H,25,29). The predicted molar refractivity (Wildman–Crippen MR) is 122 cm³/mol. The summed E-state index contributed by atoms with van der Waals surface area (Å²) in [7, 11) is 1.53. The minimum absolute atomic E-state index is 0.294. The van der Waals surface area contributed by atoms with Gasteiger partial charge in [0, 0.05) is 16.3 Å². The van der Waals surface area contributed by atoms with E-state index in [1.54, 1.807) is 13.0 Å². The summed E-state index contributed by atoms with van der Waals surface area (Å²) >= 11 is 1.40. The van der Waals surface area contributed by atoms with Gasteiger partial charge in [-0.15, -0.1) is 11.3 Å². The summed E-state index contributed by atoms with van der Waals surface area (Å²) in [5.41, 5.74) is 8.08. The zero-order valence-corrected chi connectivity index (χ0v) is 18.6. The molecule has 3 N–H and O–H groups in total. The van der Waals surface area contributed by atoms with E-state index in [1.807, 2.05) is 19.1 Å². The fourth-order valence-electron chi connectivity index (χ4n) is 4.33. The molecule has 1 aliphatic rings. The lowest BCUT2D eigenvalue weighted by Gasteiger charge is -2.20. The van der Waals surface area contributed by atoms with Crippen molar-refractivity contribution in [2.24, 2.45) is 5.73 Å². The molecule has 1 aliphatic carbocycles. The van der Waals surface area contributed by atoms with Gasteiger partial charge in [-0.1, -0.05) is 12.1 Å². The van der Waals surface area contributed by atoms with Crippen molar-refractivity contribution in [3.05, 3.63) is 56.2 Å². The second-order valence-corrected chi connectivity index (χ2v) is 8.94. The fraction of sp³-hybridized carbons (Fsp3) is 0.348. The molecule has 31 heavy (non-hydrogen) atoms. The average molecular weight is 440 g/mol. The van der Waals surface area contributed by atoms with Crippen LogP contribution in [0.3, 0.4) is 0 Å². The van der Waals surface area contributed by atoms with Gasteiger partial charge in [-0.3, -0.25) is 19.0 Å². The van der Waals surface area contributed by atoms with Crippen LogP contribution in [0.4, 0.5) is 5.00 Å². The van der Waals surface area contributed by atoms with Crippen molar-refractivity contribution in [1.82, 2.24) is 4.57 Å². The van der Waals surface area contributed by atoms with Gasteiger partial charge >= 0.3 is 0 Å². The highest BCUT2D eigenvalue weighted by Crippen LogP contribution is 2.38. The molecule has 1 unspecified atom stereocenters. The van der Waals surface area contributed by atoms with Crippen molar-refractivity contribution < 1.29 is 14.3 Å². The topological polar surface area (TPSA) is 103 Å². The number of para-hydroxylation sites is 1. The predicted octanol–water partition coefficient (Wildman–Crippen LogP) is 3.56. The van der Waals surface area contributed by atoms with Gasteiger partial charge in [0.05, 0.1) is 18.2 Å². The molecule has 3 aromatic rings. The van der Waals surface area contributed by atoms with Crippen molar-refractivity contribution in [2.45, 2.75) is 45.6 Å². The third-order valence-electron chi connectivity index (χ3n) is 5.88. The van der Waals surface area contributed by atoms with E-state index in [0.717, 1.165) is 47.1 Å². The van der Waals surface area contributed by atoms with E-state index in [9.17, 15) is 14.4 Å². The number of aromatic nitrogens is 1. The number of fused-ring (bicyclic) bond motifs is 2. The van der Waals surface area contributed by atoms with E-state index in [1.165, 1.54) is 29.1 Å². The highest BCUT2D eigenvalue weighted by Gasteiger charge is 2.27. The molecule has 1 atom stereocenters. The van der Waals surface area contributed by atoms with Crippen molar-refractivity contribution in [1.29, 1.82) is 0 Å². The maximum atomic E-state index is 13.2. The molecule has 1 aromatic carbocycles. The van der Waals surface area contributed by atoms with Gasteiger partial charge in [0.15, 0.2) is 0 Å². The number of nitrogens with two attached hydrogens (primary N) is 1. The molecule has 0 fully saturated rings. The first-order valence-electron chi connectivity index (χ1n) is 10.3. The first-order chi connectivity index (χ1) is 14.8. The summed E-state index contributed by atoms with van der Waals surface area (Å²) in [6.07, 6.45) is 3.72. The number of nitrogens with zero attached hydrogens (tertiary/aromatic N) is 1. The minimum atomic E-state index is -0.827. The Labute approximate surface area is 183 Å². The summed E-state index contributed by atoms with van der Waals surface area (Å²) in [6, 6.07) is 6.20. The molecular weight excluding hydrogens is 414 g/mol. The summed E-state index contributed by atoms with van der Waals surface area (Å²) < 4.78 is 6.92. The number of anilines is 1. The van der Waals surface area contributed by atoms with Gasteiger partial charge in [-0.2, -0.15) is 0 Å². The number of pyridine rings is 1. The first-order valence-corrected chi connectivity index (χ1v) is 11.1. The maximum absolute atomic E-state index is 13.2. The molecular formula is C23H25N3O4S. The Kier molecular flexibility index (Phi) is 5.58. The van der Waals surface area contributed by atoms with Crippen molar-refractivity contribution >= 4 is 39.1 Å². The number of hydrogen-bond acceptors (Lipinski definition) is 5. The van der Waals surface area contributed by atoms with Gasteiger partial charge in [0.1, 0.15) is 16.8 Å². The van der Waals surface area contributed by atoms with Gasteiger partial charge < -0.3 is 15.8 Å². The molecule has 0 saturated carbocycles. The number of primary amides is 1. The van der Waals surface area contributed by atoms with Crippen LogP contribution in [0.25, 0.3) is 10.9 Å². The number of methoxy groups -OCH3 is 1. The van der Waals surface area contributed by atoms with Gasteiger partial charge in [-0.25, -0.2) is 0 Å². The summed E-state index contributed by atoms with van der Waals surface area (Å²) in [5.74, 6) is -0.413. The Balaban J connectivity index is 1.77. The van der Waals surface area contributed by atoms with Crippen LogP contribution in [0.15, 0.2) is 29.1 Å². The van der Waals surface area contributed by atoms with Crippen LogP contribution >= 0.6 is 11.3 Å². The lowest BCUT2D eigenvalue weighted by atomic mass is 9.95. The fourth-order valence-corrected chi connectivity index (χ4v) is 5.63. The third kappa shape index (κ3) is 3.61. The van der Waals surface area contributed by atoms with Crippen LogP contribution < -0.4 is 21.3 Å². The Bertz CT molecular complexity index is 1260. The quantitative estimate of drug-likeness (QED) is 0.634. The highest BCUT2D eigenvalue weighted by molar-refractivity contribution is 7.17. The molecule has 4 rings (SSSR count). The molecule has 7 nitrogen and oxygen atoms in total. The monoisotopic (exact) mass is 439 g/mol. The van der Waals surface area contributed by atoms with Crippen LogP contribution in [-0.2, 0) is 17.6 Å². The number of rotatable bonds is 5. The molecule has 2 aromatic heterocycles. The Morgan fingerprint density at radius 1 is 1.26 bits per heavy atom. The summed E-state index contributed by atoms with van der Waals surface area (Å²) in [4.78, 5) is 39.4. The molecule has 2 amide bonds. The van der Waals surface area contributed by atoms with Gasteiger partial charge in [0.2, 0.25) is 5.91 Å². The lowest BCUT2D eigenvalue weighted by molar-refractivity contribution is -0.118. The normalized spacial score (nSPS) is 14.2. The average Bonchev–Trinajstić information content (AvgIpc) is 3.11. The Hall–Kier alpha value is -3.13. The summed E-state index contributed by atoms with van der Waals surface area (Å²) in [5, 5.41) is 4.17. The second-order valence-electron chi connectivity index (χ2n) is 7.84. The van der Waals surface area contributed by atoms with Crippen LogP contribution in [-0.4, -0.2) is 23.5 Å². The number of nitrogens with one attached hydrogen (secondary N) is 1. The number of carbonyl (C=O) groups is 2. The number of hydrogen-bond donors (Lipinski definition) is 2. The molecule has 162 valence electrons. The van der Waals surface area contributed by atoms with Gasteiger partial charge in [0.25, 0.3) is 11.5 Å². The van der Waals surface area contributed by atoms with Crippen molar-refractivity contribution in [3.63, 3.8) is 0 Å². The number of thiophene rings is 1. The van der Waals surface area contributed by atoms with E-state index in [0.29, 0.717) is 21.8 Å². The molecule has 2 heterocycles. The van der Waals surface area contributed by atoms with E-state index in [-0.39, 0.29) is 11.5 Å². The van der Waals surface area contributed by atoms with Crippen molar-refractivity contribution in [2.75, 3.05) is 12.4 Å². The SMILES string of the molecule is COc1cccc2c(C)cc(=O)n(C(C)C(=O)Nc3sc4c(c3C(N)=O)CCCC4)c12.